The molecule has 4 heteroatoms. The van der Waals surface area contributed by atoms with E-state index < -0.39 is 0 Å². The summed E-state index contributed by atoms with van der Waals surface area (Å²) in [4.78, 5) is 14.3. The molecule has 2 N–H and O–H groups in total. The molecule has 15 heavy (non-hydrogen) atoms. The molecule has 2 aliphatic rings. The van der Waals surface area contributed by atoms with Gasteiger partial charge >= 0.3 is 0 Å². The Bertz CT molecular complexity index is 255. The number of rotatable bonds is 2. The molecule has 2 unspecified atom stereocenters. The first kappa shape index (κ1) is 11.3. The fourth-order valence-electron chi connectivity index (χ4n) is 2.34. The lowest BCUT2D eigenvalue weighted by molar-refractivity contribution is -0.136. The molecule has 1 aliphatic heterocycles. The van der Waals surface area contributed by atoms with Gasteiger partial charge in [0.25, 0.3) is 0 Å². The van der Waals surface area contributed by atoms with Crippen LogP contribution in [0.3, 0.4) is 0 Å². The van der Waals surface area contributed by atoms with Crippen molar-refractivity contribution in [3.63, 3.8) is 0 Å². The van der Waals surface area contributed by atoms with Crippen LogP contribution in [0, 0.1) is 5.41 Å². The van der Waals surface area contributed by atoms with Crippen LogP contribution >= 0.6 is 11.8 Å². The molecule has 3 nitrogen and oxygen atoms in total. The number of carbonyl (C=O) groups is 1. The highest BCUT2D eigenvalue weighted by molar-refractivity contribution is 8.00. The summed E-state index contributed by atoms with van der Waals surface area (Å²) in [6, 6.07) is 0. The van der Waals surface area contributed by atoms with Gasteiger partial charge in [0.15, 0.2) is 0 Å². The predicted molar refractivity (Wildman–Crippen MR) is 63.8 cm³/mol. The van der Waals surface area contributed by atoms with E-state index in [2.05, 4.69) is 13.8 Å². The van der Waals surface area contributed by atoms with Crippen molar-refractivity contribution in [2.45, 2.75) is 37.2 Å². The topological polar surface area (TPSA) is 46.3 Å². The van der Waals surface area contributed by atoms with Crippen molar-refractivity contribution in [2.24, 2.45) is 11.1 Å². The molecule has 0 aromatic heterocycles. The molecular formula is C11H20N2OS. The monoisotopic (exact) mass is 228 g/mol. The fourth-order valence-corrected chi connectivity index (χ4v) is 3.66. The minimum atomic E-state index is -0.165. The molecule has 1 heterocycles. The van der Waals surface area contributed by atoms with Gasteiger partial charge in [0.2, 0.25) is 5.91 Å². The van der Waals surface area contributed by atoms with Gasteiger partial charge in [-0.2, -0.15) is 11.8 Å². The maximum absolute atomic E-state index is 12.2. The number of thioether (sulfide) groups is 1. The van der Waals surface area contributed by atoms with Crippen LogP contribution in [-0.2, 0) is 4.79 Å². The summed E-state index contributed by atoms with van der Waals surface area (Å²) in [6.07, 6.45) is 1.99. The molecule has 0 radical (unpaired) electrons. The van der Waals surface area contributed by atoms with Gasteiger partial charge in [-0.05, 0) is 12.8 Å². The van der Waals surface area contributed by atoms with Crippen LogP contribution in [0.5, 0.6) is 0 Å². The first-order valence-electron chi connectivity index (χ1n) is 5.72. The van der Waals surface area contributed by atoms with E-state index >= 15 is 0 Å². The van der Waals surface area contributed by atoms with Crippen molar-refractivity contribution in [1.82, 2.24) is 4.90 Å². The molecule has 1 aliphatic carbocycles. The van der Waals surface area contributed by atoms with Gasteiger partial charge in [0.1, 0.15) is 0 Å². The third-order valence-electron chi connectivity index (χ3n) is 3.40. The van der Waals surface area contributed by atoms with Gasteiger partial charge in [-0.15, -0.1) is 0 Å². The maximum atomic E-state index is 12.2. The molecule has 0 aromatic rings. The Labute approximate surface area is 95.8 Å². The average Bonchev–Trinajstić information content (AvgIpc) is 2.95. The zero-order valence-electron chi connectivity index (χ0n) is 9.53. The zero-order valence-corrected chi connectivity index (χ0v) is 10.3. The normalized spacial score (nSPS) is 33.9. The fraction of sp³-hybridized carbons (Fsp3) is 0.909. The second-order valence-corrected chi connectivity index (χ2v) is 6.83. The van der Waals surface area contributed by atoms with Crippen molar-refractivity contribution in [3.05, 3.63) is 0 Å². The van der Waals surface area contributed by atoms with Gasteiger partial charge < -0.3 is 10.6 Å². The molecular weight excluding hydrogens is 208 g/mol. The third-order valence-corrected chi connectivity index (χ3v) is 4.63. The molecule has 1 amide bonds. The number of nitrogens with zero attached hydrogens (tertiary/aromatic N) is 1. The molecule has 2 rings (SSSR count). The van der Waals surface area contributed by atoms with E-state index in [9.17, 15) is 4.79 Å². The second-order valence-electron chi connectivity index (χ2n) is 4.95. The number of nitrogens with two attached hydrogens (primary N) is 1. The predicted octanol–water partition coefficient (Wildman–Crippen LogP) is 1.08. The lowest BCUT2D eigenvalue weighted by Gasteiger charge is -2.36. The Hall–Kier alpha value is -0.220. The van der Waals surface area contributed by atoms with Gasteiger partial charge in [-0.25, -0.2) is 0 Å². The quantitative estimate of drug-likeness (QED) is 0.769. The minimum absolute atomic E-state index is 0.165. The van der Waals surface area contributed by atoms with E-state index in [1.54, 1.807) is 0 Å². The van der Waals surface area contributed by atoms with Crippen LogP contribution in [0.4, 0.5) is 0 Å². The first-order chi connectivity index (χ1) is 7.07. The largest absolute Gasteiger partial charge is 0.340 e. The van der Waals surface area contributed by atoms with E-state index in [0.29, 0.717) is 23.0 Å². The molecule has 1 saturated carbocycles. The van der Waals surface area contributed by atoms with E-state index in [1.807, 2.05) is 16.7 Å². The summed E-state index contributed by atoms with van der Waals surface area (Å²) in [6.45, 7) is 6.72. The summed E-state index contributed by atoms with van der Waals surface area (Å²) in [7, 11) is 0. The first-order valence-corrected chi connectivity index (χ1v) is 6.66. The number of carbonyl (C=O) groups excluding carboxylic acids is 1. The molecule has 0 bridgehead atoms. The van der Waals surface area contributed by atoms with Crippen molar-refractivity contribution in [1.29, 1.82) is 0 Å². The van der Waals surface area contributed by atoms with E-state index in [-0.39, 0.29) is 5.41 Å². The highest BCUT2D eigenvalue weighted by atomic mass is 32.2. The Morgan fingerprint density at radius 1 is 1.40 bits per heavy atom. The SMILES string of the molecule is CC1CN(C(=O)C2(CN)CC2)CC(C)S1. The summed E-state index contributed by atoms with van der Waals surface area (Å²) >= 11 is 1.98. The summed E-state index contributed by atoms with van der Waals surface area (Å²) in [5.41, 5.74) is 5.53. The Morgan fingerprint density at radius 3 is 2.33 bits per heavy atom. The Kier molecular flexibility index (Phi) is 2.99. The van der Waals surface area contributed by atoms with E-state index in [0.717, 1.165) is 25.9 Å². The van der Waals surface area contributed by atoms with Gasteiger partial charge in [0, 0.05) is 30.1 Å². The van der Waals surface area contributed by atoms with E-state index in [1.165, 1.54) is 0 Å². The standard InChI is InChI=1S/C11H20N2OS/c1-8-5-13(6-9(2)15-8)10(14)11(7-12)3-4-11/h8-9H,3-7,12H2,1-2H3. The van der Waals surface area contributed by atoms with Crippen molar-refractivity contribution >= 4 is 17.7 Å². The lowest BCUT2D eigenvalue weighted by atomic mass is 10.1. The zero-order chi connectivity index (χ0) is 11.1. The average molecular weight is 228 g/mol. The van der Waals surface area contributed by atoms with Crippen molar-refractivity contribution in [2.75, 3.05) is 19.6 Å². The van der Waals surface area contributed by atoms with Gasteiger partial charge in [-0.3, -0.25) is 4.79 Å². The van der Waals surface area contributed by atoms with Crippen molar-refractivity contribution < 1.29 is 4.79 Å². The number of hydrogen-bond donors (Lipinski definition) is 1. The van der Waals surface area contributed by atoms with Crippen LogP contribution in [0.1, 0.15) is 26.7 Å². The second kappa shape index (κ2) is 3.98. The van der Waals surface area contributed by atoms with Gasteiger partial charge in [-0.1, -0.05) is 13.8 Å². The molecule has 2 atom stereocenters. The summed E-state index contributed by atoms with van der Waals surface area (Å²) in [5.74, 6) is 0.309. The summed E-state index contributed by atoms with van der Waals surface area (Å²) in [5, 5.41) is 1.12. The van der Waals surface area contributed by atoms with Crippen LogP contribution in [0.2, 0.25) is 0 Å². The molecule has 2 fully saturated rings. The van der Waals surface area contributed by atoms with Crippen LogP contribution in [-0.4, -0.2) is 40.9 Å². The highest BCUT2D eigenvalue weighted by Crippen LogP contribution is 2.46. The van der Waals surface area contributed by atoms with Crippen LogP contribution < -0.4 is 5.73 Å². The lowest BCUT2D eigenvalue weighted by Crippen LogP contribution is -2.48. The molecule has 86 valence electrons. The van der Waals surface area contributed by atoms with Crippen molar-refractivity contribution in [3.8, 4) is 0 Å². The van der Waals surface area contributed by atoms with Crippen LogP contribution in [0.15, 0.2) is 0 Å². The third kappa shape index (κ3) is 2.16. The number of amides is 1. The molecule has 1 saturated heterocycles. The Morgan fingerprint density at radius 2 is 1.93 bits per heavy atom. The maximum Gasteiger partial charge on any atom is 0.230 e. The summed E-state index contributed by atoms with van der Waals surface area (Å²) < 4.78 is 0. The highest BCUT2D eigenvalue weighted by Gasteiger charge is 2.51. The molecule has 0 aromatic carbocycles. The van der Waals surface area contributed by atoms with Crippen LogP contribution in [0.25, 0.3) is 0 Å². The minimum Gasteiger partial charge on any atom is -0.340 e. The Balaban J connectivity index is 2.01. The molecule has 0 spiro atoms. The smallest absolute Gasteiger partial charge is 0.230 e. The number of hydrogen-bond acceptors (Lipinski definition) is 3. The van der Waals surface area contributed by atoms with Gasteiger partial charge in [0.05, 0.1) is 5.41 Å². The van der Waals surface area contributed by atoms with E-state index in [4.69, 9.17) is 5.73 Å².